The van der Waals surface area contributed by atoms with Crippen molar-refractivity contribution in [3.05, 3.63) is 157 Å². The molecule has 4 aromatic carbocycles. The summed E-state index contributed by atoms with van der Waals surface area (Å²) in [5.41, 5.74) is 9.51. The highest BCUT2D eigenvalue weighted by atomic mass is 15.5. The fourth-order valence-corrected chi connectivity index (χ4v) is 8.93. The molecule has 1 atom stereocenters. The molecule has 0 amide bonds. The lowest BCUT2D eigenvalue weighted by atomic mass is 9.93. The lowest BCUT2D eigenvalue weighted by Crippen LogP contribution is -2.91. The molecular weight excluding hydrogens is 564 g/mol. The minimum absolute atomic E-state index is 0.767. The van der Waals surface area contributed by atoms with Crippen LogP contribution in [0.5, 0.6) is 0 Å². The van der Waals surface area contributed by atoms with E-state index in [1.54, 1.807) is 0 Å². The Morgan fingerprint density at radius 1 is 0.435 bits per heavy atom. The summed E-state index contributed by atoms with van der Waals surface area (Å²) >= 11 is 0. The van der Waals surface area contributed by atoms with Crippen LogP contribution in [0.1, 0.15) is 5.56 Å². The molecular formula is C40H25N6+3. The van der Waals surface area contributed by atoms with E-state index < -0.39 is 5.79 Å². The minimum atomic E-state index is -0.767. The number of aromatic nitrogens is 5. The first-order valence-corrected chi connectivity index (χ1v) is 15.8. The first-order valence-electron chi connectivity index (χ1n) is 15.8. The molecule has 0 bridgehead atoms. The van der Waals surface area contributed by atoms with Gasteiger partial charge in [-0.1, -0.05) is 48.5 Å². The van der Waals surface area contributed by atoms with E-state index in [9.17, 15) is 0 Å². The van der Waals surface area contributed by atoms with Gasteiger partial charge in [0.25, 0.3) is 5.82 Å². The summed E-state index contributed by atoms with van der Waals surface area (Å²) in [7, 11) is 0. The molecule has 1 unspecified atom stereocenters. The molecule has 0 saturated carbocycles. The summed E-state index contributed by atoms with van der Waals surface area (Å²) in [5.74, 6) is 1.47. The zero-order chi connectivity index (χ0) is 29.7. The number of anilines is 3. The van der Waals surface area contributed by atoms with Gasteiger partial charge >= 0.3 is 17.1 Å². The molecule has 6 heteroatoms. The van der Waals surface area contributed by atoms with Crippen molar-refractivity contribution < 1.29 is 13.7 Å². The van der Waals surface area contributed by atoms with Crippen molar-refractivity contribution in [2.45, 2.75) is 5.79 Å². The molecule has 3 aliphatic rings. The topological polar surface area (TPSA) is 24.7 Å². The number of hydrogen-bond donors (Lipinski definition) is 0. The molecule has 0 radical (unpaired) electrons. The van der Waals surface area contributed by atoms with E-state index in [-0.39, 0.29) is 0 Å². The second-order valence-electron chi connectivity index (χ2n) is 12.5. The largest absolute Gasteiger partial charge is 0.421 e. The Bertz CT molecular complexity index is 2650. The van der Waals surface area contributed by atoms with Gasteiger partial charge in [0.2, 0.25) is 5.82 Å². The lowest BCUT2D eigenvalue weighted by molar-refractivity contribution is -1.15. The maximum atomic E-state index is 2.57. The Morgan fingerprint density at radius 2 is 1.00 bits per heavy atom. The van der Waals surface area contributed by atoms with Gasteiger partial charge in [0.15, 0.2) is 11.3 Å². The molecule has 12 rings (SSSR count). The first-order chi connectivity index (χ1) is 22.9. The van der Waals surface area contributed by atoms with Crippen LogP contribution < -0.4 is 18.6 Å². The number of rotatable bonds is 1. The summed E-state index contributed by atoms with van der Waals surface area (Å²) in [6.07, 6.45) is 4.57. The summed E-state index contributed by atoms with van der Waals surface area (Å²) in [4.78, 5) is 2.44. The van der Waals surface area contributed by atoms with Gasteiger partial charge in [-0.2, -0.15) is 18.3 Å². The van der Waals surface area contributed by atoms with Crippen LogP contribution in [0.15, 0.2) is 152 Å². The highest BCUT2D eigenvalue weighted by Gasteiger charge is 2.67. The first kappa shape index (κ1) is 23.2. The quantitative estimate of drug-likeness (QED) is 0.191. The number of hydrogen-bond acceptors (Lipinski definition) is 1. The Hall–Kier alpha value is -6.27. The van der Waals surface area contributed by atoms with Crippen molar-refractivity contribution in [2.75, 3.05) is 4.90 Å². The van der Waals surface area contributed by atoms with Gasteiger partial charge in [0, 0.05) is 22.9 Å². The minimum Gasteiger partial charge on any atom is -0.225 e. The molecule has 9 aromatic rings. The Balaban J connectivity index is 1.42. The van der Waals surface area contributed by atoms with Crippen LogP contribution in [-0.2, 0) is 5.79 Å². The van der Waals surface area contributed by atoms with E-state index in [2.05, 4.69) is 180 Å². The molecule has 1 spiro atoms. The number of pyridine rings is 3. The normalized spacial score (nSPS) is 16.7. The van der Waals surface area contributed by atoms with Crippen LogP contribution in [0.3, 0.4) is 0 Å². The average molecular weight is 590 g/mol. The van der Waals surface area contributed by atoms with Crippen molar-refractivity contribution in [3.63, 3.8) is 0 Å². The SMILES string of the molecule is c1ccc(N2c3cccc4c3C3([n+]5c2cccc5-n2c5ccccc5c5ccc[n+]3c52)[n+]2cccc3c5ccccc5n-4c32)cc1. The predicted octanol–water partition coefficient (Wildman–Crippen LogP) is 6.91. The maximum Gasteiger partial charge on any atom is 0.421 e. The van der Waals surface area contributed by atoms with E-state index in [4.69, 9.17) is 0 Å². The van der Waals surface area contributed by atoms with Crippen LogP contribution >= 0.6 is 0 Å². The number of para-hydroxylation sites is 3. The number of benzene rings is 4. The van der Waals surface area contributed by atoms with Gasteiger partial charge in [-0.05, 0) is 78.9 Å². The fraction of sp³-hybridized carbons (Fsp3) is 0.0250. The number of fused-ring (bicyclic) bond motifs is 8. The third kappa shape index (κ3) is 2.33. The molecule has 0 aliphatic carbocycles. The van der Waals surface area contributed by atoms with Crippen molar-refractivity contribution in [3.8, 4) is 11.5 Å². The Labute approximate surface area is 263 Å². The fourth-order valence-electron chi connectivity index (χ4n) is 8.93. The highest BCUT2D eigenvalue weighted by molar-refractivity contribution is 6.08. The Kier molecular flexibility index (Phi) is 3.87. The second-order valence-corrected chi connectivity index (χ2v) is 12.5. The summed E-state index contributed by atoms with van der Waals surface area (Å²) in [6, 6.07) is 51.0. The summed E-state index contributed by atoms with van der Waals surface area (Å²) < 4.78 is 12.6. The monoisotopic (exact) mass is 589 g/mol. The van der Waals surface area contributed by atoms with Crippen molar-refractivity contribution >= 4 is 61.1 Å². The second kappa shape index (κ2) is 7.68. The van der Waals surface area contributed by atoms with E-state index in [1.807, 2.05) is 0 Å². The van der Waals surface area contributed by atoms with Crippen LogP contribution in [-0.4, -0.2) is 9.13 Å². The van der Waals surface area contributed by atoms with E-state index in [1.165, 1.54) is 60.8 Å². The van der Waals surface area contributed by atoms with E-state index >= 15 is 0 Å². The van der Waals surface area contributed by atoms with Crippen LogP contribution in [0, 0.1) is 0 Å². The zero-order valence-corrected chi connectivity index (χ0v) is 24.6. The molecule has 5 aromatic heterocycles. The molecule has 8 heterocycles. The lowest BCUT2D eigenvalue weighted by Gasteiger charge is -2.42. The van der Waals surface area contributed by atoms with E-state index in [0.29, 0.717) is 0 Å². The van der Waals surface area contributed by atoms with Gasteiger partial charge in [-0.3, -0.25) is 0 Å². The smallest absolute Gasteiger partial charge is 0.225 e. The molecule has 212 valence electrons. The van der Waals surface area contributed by atoms with Crippen LogP contribution in [0.4, 0.5) is 17.2 Å². The Morgan fingerprint density at radius 3 is 1.74 bits per heavy atom. The molecule has 0 N–H and O–H groups in total. The highest BCUT2D eigenvalue weighted by Crippen LogP contribution is 2.50. The van der Waals surface area contributed by atoms with Crippen molar-refractivity contribution in [1.29, 1.82) is 0 Å². The third-order valence-electron chi connectivity index (χ3n) is 10.5. The zero-order valence-electron chi connectivity index (χ0n) is 24.6. The van der Waals surface area contributed by atoms with Gasteiger partial charge in [-0.15, -0.1) is 4.57 Å². The van der Waals surface area contributed by atoms with Gasteiger partial charge in [-0.25, -0.2) is 4.90 Å². The van der Waals surface area contributed by atoms with Gasteiger partial charge in [0.1, 0.15) is 22.4 Å². The van der Waals surface area contributed by atoms with Crippen LogP contribution in [0.2, 0.25) is 0 Å². The average Bonchev–Trinajstić information content (AvgIpc) is 3.64. The molecule has 3 aliphatic heterocycles. The number of nitrogens with zero attached hydrogens (tertiary/aromatic N) is 6. The van der Waals surface area contributed by atoms with Crippen LogP contribution in [0.25, 0.3) is 55.4 Å². The predicted molar refractivity (Wildman–Crippen MR) is 178 cm³/mol. The summed E-state index contributed by atoms with van der Waals surface area (Å²) in [5, 5.41) is 4.99. The van der Waals surface area contributed by atoms with Crippen molar-refractivity contribution in [2.24, 2.45) is 0 Å². The maximum absolute atomic E-state index is 2.57. The van der Waals surface area contributed by atoms with Gasteiger partial charge < -0.3 is 0 Å². The van der Waals surface area contributed by atoms with E-state index in [0.717, 1.165) is 17.3 Å². The van der Waals surface area contributed by atoms with Gasteiger partial charge in [0.05, 0.1) is 23.2 Å². The summed E-state index contributed by atoms with van der Waals surface area (Å²) in [6.45, 7) is 0. The third-order valence-corrected chi connectivity index (χ3v) is 10.5. The van der Waals surface area contributed by atoms with Crippen molar-refractivity contribution in [1.82, 2.24) is 9.13 Å². The molecule has 0 fully saturated rings. The molecule has 46 heavy (non-hydrogen) atoms. The molecule has 6 nitrogen and oxygen atoms in total. The standard InChI is InChI=1S/C40H25N6/c1-2-12-26(13-3-1)43-33-20-8-21-34-37(33)40(41-24-10-16-29-27-14-4-6-18-31(27)44(34)38(29)41)42-25-11-17-30-28-15-5-7-19-32(28)45(39(30)42)36-23-9-22-35(43)46(36)40/h1-25H/q+3. The molecule has 0 saturated heterocycles.